The summed E-state index contributed by atoms with van der Waals surface area (Å²) in [7, 11) is 0. The molecule has 0 fully saturated rings. The Bertz CT molecular complexity index is 1000. The van der Waals surface area contributed by atoms with Crippen LogP contribution in [-0.4, -0.2) is 10.1 Å². The Hall–Kier alpha value is -2.20. The van der Waals surface area contributed by atoms with Gasteiger partial charge < -0.3 is 5.11 Å². The van der Waals surface area contributed by atoms with E-state index >= 15 is 0 Å². The van der Waals surface area contributed by atoms with Gasteiger partial charge in [-0.15, -0.1) is 0 Å². The number of fused-ring (bicyclic) bond motifs is 1. The van der Waals surface area contributed by atoms with E-state index in [1.807, 2.05) is 6.07 Å². The molecule has 3 aromatic rings. The number of nitrogens with zero attached hydrogens (tertiary/aromatic N) is 1. The van der Waals surface area contributed by atoms with Gasteiger partial charge in [-0.25, -0.2) is 9.55 Å². The van der Waals surface area contributed by atoms with Gasteiger partial charge in [0.1, 0.15) is 16.8 Å². The second-order valence-corrected chi connectivity index (χ2v) is 10.3. The molecule has 0 saturated heterocycles. The number of aromatic amines is 1. The van der Waals surface area contributed by atoms with Crippen LogP contribution in [0.25, 0.3) is 11.0 Å². The molecule has 0 spiro atoms. The minimum absolute atomic E-state index is 0.261. The average Bonchev–Trinajstić information content (AvgIpc) is 3.22. The average molecular weight is 499 g/mol. The molecule has 1 heterocycles. The van der Waals surface area contributed by atoms with E-state index in [4.69, 9.17) is 11.6 Å². The predicted molar refractivity (Wildman–Crippen MR) is 149 cm³/mol. The van der Waals surface area contributed by atoms with E-state index in [1.54, 1.807) is 12.1 Å². The lowest BCUT2D eigenvalue weighted by Gasteiger charge is -2.07. The molecule has 0 saturated carbocycles. The van der Waals surface area contributed by atoms with Gasteiger partial charge >= 0.3 is 5.95 Å². The van der Waals surface area contributed by atoms with E-state index in [2.05, 4.69) is 46.1 Å². The number of hydrogen-bond acceptors (Lipinski definition) is 2. The zero-order chi connectivity index (χ0) is 24.7. The van der Waals surface area contributed by atoms with E-state index in [9.17, 15) is 5.11 Å². The predicted octanol–water partition coefficient (Wildman–Crippen LogP) is 8.91. The first-order valence-corrected chi connectivity index (χ1v) is 14.3. The number of nitrogens with one attached hydrogen (secondary N) is 2. The van der Waals surface area contributed by atoms with Gasteiger partial charge in [-0.3, -0.25) is 5.32 Å². The molecule has 0 aliphatic rings. The van der Waals surface area contributed by atoms with E-state index in [-0.39, 0.29) is 5.75 Å². The summed E-state index contributed by atoms with van der Waals surface area (Å²) in [5.41, 5.74) is 3.12. The first-order chi connectivity index (χ1) is 17.2. The highest BCUT2D eigenvalue weighted by Gasteiger charge is 2.17. The van der Waals surface area contributed by atoms with Gasteiger partial charge in [-0.1, -0.05) is 114 Å². The molecule has 0 radical (unpaired) electrons. The topological polar surface area (TPSA) is 51.9 Å². The molecule has 0 bridgehead atoms. The lowest BCUT2D eigenvalue weighted by Crippen LogP contribution is -2.36. The van der Waals surface area contributed by atoms with Crippen LogP contribution < -0.4 is 9.88 Å². The number of para-hydroxylation sites is 2. The van der Waals surface area contributed by atoms with Crippen LogP contribution in [0.1, 0.15) is 102 Å². The Balaban J connectivity index is 1.36. The Morgan fingerprint density at radius 3 is 2.06 bits per heavy atom. The van der Waals surface area contributed by atoms with E-state index in [0.29, 0.717) is 11.6 Å². The van der Waals surface area contributed by atoms with Gasteiger partial charge in [-0.2, -0.15) is 0 Å². The summed E-state index contributed by atoms with van der Waals surface area (Å²) in [6, 6.07) is 13.6. The van der Waals surface area contributed by atoms with E-state index in [0.717, 1.165) is 23.6 Å². The van der Waals surface area contributed by atoms with Gasteiger partial charge in [0.2, 0.25) is 0 Å². The molecular weight excluding hydrogens is 454 g/mol. The second kappa shape index (κ2) is 15.7. The molecule has 0 unspecified atom stereocenters. The summed E-state index contributed by atoms with van der Waals surface area (Å²) in [6.45, 7) is 3.77. The van der Waals surface area contributed by atoms with Crippen molar-refractivity contribution < 1.29 is 9.67 Å². The molecule has 1 aromatic heterocycles. The molecule has 4 nitrogen and oxygen atoms in total. The van der Waals surface area contributed by atoms with Crippen LogP contribution in [-0.2, 0) is 13.1 Å². The third-order valence-electron chi connectivity index (χ3n) is 6.94. The number of aryl methyl sites for hydroxylation is 1. The number of anilines is 1. The highest BCUT2D eigenvalue weighted by molar-refractivity contribution is 6.30. The third-order valence-corrected chi connectivity index (χ3v) is 7.18. The Labute approximate surface area is 217 Å². The number of rotatable bonds is 18. The largest absolute Gasteiger partial charge is 0.508 e. The molecule has 35 heavy (non-hydrogen) atoms. The number of halogens is 1. The van der Waals surface area contributed by atoms with Crippen LogP contribution in [0.5, 0.6) is 5.75 Å². The molecule has 0 atom stereocenters. The number of benzene rings is 2. The first-order valence-electron chi connectivity index (χ1n) is 13.9. The van der Waals surface area contributed by atoms with Crippen molar-refractivity contribution in [3.8, 4) is 5.75 Å². The molecule has 3 N–H and O–H groups in total. The van der Waals surface area contributed by atoms with Gasteiger partial charge in [0.05, 0.1) is 13.1 Å². The molecule has 0 amide bonds. The van der Waals surface area contributed by atoms with Crippen LogP contribution in [0.15, 0.2) is 42.5 Å². The van der Waals surface area contributed by atoms with Gasteiger partial charge in [0, 0.05) is 10.6 Å². The maximum Gasteiger partial charge on any atom is 0.356 e. The SMILES string of the molecule is CCCCCCCCCCCCCCCC[n+]1c(NCc2cc(Cl)ccc2O)[nH]c2ccccc21. The number of unbranched alkanes of at least 4 members (excludes halogenated alkanes) is 13. The van der Waals surface area contributed by atoms with Crippen molar-refractivity contribution in [2.75, 3.05) is 5.32 Å². The van der Waals surface area contributed by atoms with Crippen LogP contribution in [0.4, 0.5) is 5.95 Å². The van der Waals surface area contributed by atoms with Crippen LogP contribution >= 0.6 is 11.6 Å². The molecule has 192 valence electrons. The number of phenols is 1. The van der Waals surface area contributed by atoms with Crippen LogP contribution in [0.2, 0.25) is 5.02 Å². The fourth-order valence-corrected chi connectivity index (χ4v) is 5.04. The smallest absolute Gasteiger partial charge is 0.356 e. The van der Waals surface area contributed by atoms with Gasteiger partial charge in [-0.05, 0) is 36.8 Å². The number of phenolic OH excluding ortho intramolecular Hbond substituents is 1. The fourth-order valence-electron chi connectivity index (χ4n) is 4.84. The third kappa shape index (κ3) is 9.40. The summed E-state index contributed by atoms with van der Waals surface area (Å²) in [5.74, 6) is 1.23. The fraction of sp³-hybridized carbons (Fsp3) is 0.567. The quantitative estimate of drug-likeness (QED) is 0.121. The maximum atomic E-state index is 10.2. The van der Waals surface area contributed by atoms with Crippen LogP contribution in [0, 0.1) is 0 Å². The molecule has 0 aliphatic heterocycles. The van der Waals surface area contributed by atoms with Crippen molar-refractivity contribution in [1.29, 1.82) is 0 Å². The van der Waals surface area contributed by atoms with Crippen molar-refractivity contribution in [1.82, 2.24) is 4.98 Å². The van der Waals surface area contributed by atoms with Crippen molar-refractivity contribution in [2.24, 2.45) is 0 Å². The molecular formula is C30H45ClN3O+. The standard InChI is InChI=1S/C30H44ClN3O/c1-2-3-4-5-6-7-8-9-10-11-12-13-14-17-22-34-28-19-16-15-18-27(28)33-30(34)32-24-25-23-26(31)20-21-29(25)35/h15-16,18-21,23H,2-14,17,22,24H2,1H3,(H2,32,33,35)/p+1. The number of H-pyrrole nitrogens is 1. The first kappa shape index (κ1) is 27.4. The lowest BCUT2D eigenvalue weighted by atomic mass is 10.0. The molecule has 0 aliphatic carbocycles. The zero-order valence-corrected chi connectivity index (χ0v) is 22.4. The lowest BCUT2D eigenvalue weighted by molar-refractivity contribution is -0.657. The molecule has 2 aromatic carbocycles. The van der Waals surface area contributed by atoms with Crippen molar-refractivity contribution >= 4 is 28.6 Å². The Kier molecular flexibility index (Phi) is 12.3. The summed E-state index contributed by atoms with van der Waals surface area (Å²) < 4.78 is 2.33. The van der Waals surface area contributed by atoms with Crippen molar-refractivity contribution in [3.05, 3.63) is 53.1 Å². The minimum atomic E-state index is 0.261. The zero-order valence-electron chi connectivity index (χ0n) is 21.6. The number of hydrogen-bond donors (Lipinski definition) is 3. The number of imidazole rings is 1. The van der Waals surface area contributed by atoms with Gasteiger partial charge in [0.15, 0.2) is 0 Å². The van der Waals surface area contributed by atoms with E-state index < -0.39 is 0 Å². The number of aromatic hydroxyl groups is 1. The summed E-state index contributed by atoms with van der Waals surface area (Å²) in [5, 5.41) is 14.3. The van der Waals surface area contributed by atoms with Crippen LogP contribution in [0.3, 0.4) is 0 Å². The highest BCUT2D eigenvalue weighted by atomic mass is 35.5. The maximum absolute atomic E-state index is 10.2. The summed E-state index contributed by atoms with van der Waals surface area (Å²) >= 11 is 6.12. The second-order valence-electron chi connectivity index (χ2n) is 9.87. The Morgan fingerprint density at radius 1 is 0.800 bits per heavy atom. The van der Waals surface area contributed by atoms with E-state index in [1.165, 1.54) is 95.4 Å². The summed E-state index contributed by atoms with van der Waals surface area (Å²) in [6.07, 6.45) is 19.2. The normalized spacial score (nSPS) is 11.4. The number of aromatic nitrogens is 2. The van der Waals surface area contributed by atoms with Crippen molar-refractivity contribution in [2.45, 2.75) is 110 Å². The minimum Gasteiger partial charge on any atom is -0.508 e. The highest BCUT2D eigenvalue weighted by Crippen LogP contribution is 2.22. The van der Waals surface area contributed by atoms with Crippen molar-refractivity contribution in [3.63, 3.8) is 0 Å². The van der Waals surface area contributed by atoms with Gasteiger partial charge in [0.25, 0.3) is 0 Å². The Morgan fingerprint density at radius 2 is 1.40 bits per heavy atom. The monoisotopic (exact) mass is 498 g/mol. The molecule has 5 heteroatoms. The molecule has 3 rings (SSSR count). The summed E-state index contributed by atoms with van der Waals surface area (Å²) in [4.78, 5) is 3.51.